The Bertz CT molecular complexity index is 489. The molecule has 1 unspecified atom stereocenters. The van der Waals surface area contributed by atoms with Crippen molar-refractivity contribution in [2.24, 2.45) is 0 Å². The predicted molar refractivity (Wildman–Crippen MR) is 72.8 cm³/mol. The summed E-state index contributed by atoms with van der Waals surface area (Å²) < 4.78 is 5.20. The van der Waals surface area contributed by atoms with E-state index in [0.717, 1.165) is 0 Å². The van der Waals surface area contributed by atoms with Gasteiger partial charge in [-0.1, -0.05) is 23.7 Å². The van der Waals surface area contributed by atoms with Crippen LogP contribution in [0.3, 0.4) is 0 Å². The highest BCUT2D eigenvalue weighted by Crippen LogP contribution is 2.22. The number of carboxylic acid groups (broad SMARTS) is 1. The highest BCUT2D eigenvalue weighted by Gasteiger charge is 2.24. The van der Waals surface area contributed by atoms with Crippen molar-refractivity contribution < 1.29 is 24.5 Å². The van der Waals surface area contributed by atoms with Gasteiger partial charge in [0.15, 0.2) is 6.61 Å². The van der Waals surface area contributed by atoms with E-state index in [1.54, 1.807) is 24.3 Å². The predicted octanol–water partition coefficient (Wildman–Crippen LogP) is 1.06. The SMILES string of the molecule is CC(O)(CNC(=O)COc1ccccc1Cl)CC(=O)O. The van der Waals surface area contributed by atoms with Crippen molar-refractivity contribution in [3.8, 4) is 5.75 Å². The Kier molecular flexibility index (Phi) is 5.79. The van der Waals surface area contributed by atoms with Crippen LogP contribution in [-0.4, -0.2) is 40.8 Å². The van der Waals surface area contributed by atoms with E-state index in [4.69, 9.17) is 21.4 Å². The fraction of sp³-hybridized carbons (Fsp3) is 0.385. The number of rotatable bonds is 7. The number of carboxylic acids is 1. The Morgan fingerprint density at radius 1 is 1.40 bits per heavy atom. The van der Waals surface area contributed by atoms with Gasteiger partial charge >= 0.3 is 5.97 Å². The van der Waals surface area contributed by atoms with Gasteiger partial charge in [0, 0.05) is 6.54 Å². The van der Waals surface area contributed by atoms with Crippen LogP contribution in [0.5, 0.6) is 5.75 Å². The summed E-state index contributed by atoms with van der Waals surface area (Å²) >= 11 is 5.85. The molecule has 0 aliphatic rings. The number of aliphatic carboxylic acids is 1. The third kappa shape index (κ3) is 5.90. The number of amides is 1. The highest BCUT2D eigenvalue weighted by atomic mass is 35.5. The number of ether oxygens (including phenoxy) is 1. The number of halogens is 1. The number of aliphatic hydroxyl groups is 1. The molecule has 1 aromatic rings. The molecule has 0 aliphatic carbocycles. The molecule has 0 saturated heterocycles. The van der Waals surface area contributed by atoms with E-state index >= 15 is 0 Å². The molecule has 1 atom stereocenters. The number of para-hydroxylation sites is 1. The summed E-state index contributed by atoms with van der Waals surface area (Å²) in [5.41, 5.74) is -1.51. The second-order valence-electron chi connectivity index (χ2n) is 4.56. The third-order valence-corrected chi connectivity index (χ3v) is 2.71. The summed E-state index contributed by atoms with van der Waals surface area (Å²) in [6.07, 6.45) is -0.460. The summed E-state index contributed by atoms with van der Waals surface area (Å²) in [6.45, 7) is 0.882. The average Bonchev–Trinajstić information content (AvgIpc) is 2.34. The molecule has 0 aromatic heterocycles. The first kappa shape index (κ1) is 16.3. The maximum Gasteiger partial charge on any atom is 0.306 e. The smallest absolute Gasteiger partial charge is 0.306 e. The Morgan fingerprint density at radius 3 is 2.65 bits per heavy atom. The van der Waals surface area contributed by atoms with Crippen LogP contribution in [0.2, 0.25) is 5.02 Å². The lowest BCUT2D eigenvalue weighted by atomic mass is 10.0. The molecule has 0 radical (unpaired) electrons. The molecule has 3 N–H and O–H groups in total. The number of hydrogen-bond acceptors (Lipinski definition) is 4. The number of carbonyl (C=O) groups excluding carboxylic acids is 1. The zero-order chi connectivity index (χ0) is 15.2. The number of nitrogens with one attached hydrogen (secondary N) is 1. The van der Waals surface area contributed by atoms with Crippen molar-refractivity contribution in [2.75, 3.05) is 13.2 Å². The average molecular weight is 302 g/mol. The van der Waals surface area contributed by atoms with Gasteiger partial charge in [-0.3, -0.25) is 9.59 Å². The fourth-order valence-electron chi connectivity index (χ4n) is 1.43. The molecule has 1 rings (SSSR count). The van der Waals surface area contributed by atoms with Crippen molar-refractivity contribution in [3.63, 3.8) is 0 Å². The quantitative estimate of drug-likeness (QED) is 0.700. The molecule has 0 saturated carbocycles. The summed E-state index contributed by atoms with van der Waals surface area (Å²) in [4.78, 5) is 22.0. The summed E-state index contributed by atoms with van der Waals surface area (Å²) in [5, 5.41) is 21.1. The van der Waals surface area contributed by atoms with E-state index in [9.17, 15) is 14.7 Å². The van der Waals surface area contributed by atoms with Gasteiger partial charge in [0.2, 0.25) is 0 Å². The minimum atomic E-state index is -1.51. The van der Waals surface area contributed by atoms with Crippen LogP contribution in [0, 0.1) is 0 Å². The monoisotopic (exact) mass is 301 g/mol. The van der Waals surface area contributed by atoms with Crippen molar-refractivity contribution in [3.05, 3.63) is 29.3 Å². The highest BCUT2D eigenvalue weighted by molar-refractivity contribution is 6.32. The Labute approximate surface area is 121 Å². The molecule has 0 heterocycles. The second kappa shape index (κ2) is 7.12. The van der Waals surface area contributed by atoms with Gasteiger partial charge in [-0.05, 0) is 19.1 Å². The molecule has 0 aliphatic heterocycles. The third-order valence-electron chi connectivity index (χ3n) is 2.39. The van der Waals surface area contributed by atoms with E-state index in [1.165, 1.54) is 6.92 Å². The molecular formula is C13H16ClNO5. The van der Waals surface area contributed by atoms with E-state index in [0.29, 0.717) is 10.8 Å². The molecule has 110 valence electrons. The molecular weight excluding hydrogens is 286 g/mol. The number of benzene rings is 1. The first-order valence-electron chi connectivity index (χ1n) is 5.88. The topological polar surface area (TPSA) is 95.9 Å². The summed E-state index contributed by atoms with van der Waals surface area (Å²) in [7, 11) is 0. The lowest BCUT2D eigenvalue weighted by Crippen LogP contribution is -2.43. The van der Waals surface area contributed by atoms with E-state index in [2.05, 4.69) is 5.32 Å². The minimum absolute atomic E-state index is 0.177. The first-order valence-corrected chi connectivity index (χ1v) is 6.26. The van der Waals surface area contributed by atoms with Crippen LogP contribution >= 0.6 is 11.6 Å². The molecule has 20 heavy (non-hydrogen) atoms. The van der Waals surface area contributed by atoms with Crippen molar-refractivity contribution in [1.29, 1.82) is 0 Å². The maximum atomic E-state index is 11.5. The molecule has 6 nitrogen and oxygen atoms in total. The van der Waals surface area contributed by atoms with E-state index in [1.807, 2.05) is 0 Å². The molecule has 1 aromatic carbocycles. The maximum absolute atomic E-state index is 11.5. The molecule has 0 fully saturated rings. The lowest BCUT2D eigenvalue weighted by Gasteiger charge is -2.21. The normalized spacial score (nSPS) is 13.3. The van der Waals surface area contributed by atoms with E-state index in [-0.39, 0.29) is 13.2 Å². The standard InChI is InChI=1S/C13H16ClNO5/c1-13(19,6-12(17)18)8-15-11(16)7-20-10-5-3-2-4-9(10)14/h2-5,19H,6-8H2,1H3,(H,15,16)(H,17,18). The van der Waals surface area contributed by atoms with Gasteiger partial charge in [-0.15, -0.1) is 0 Å². The van der Waals surface area contributed by atoms with Crippen LogP contribution in [0.15, 0.2) is 24.3 Å². The summed E-state index contributed by atoms with van der Waals surface area (Å²) in [5.74, 6) is -1.24. The van der Waals surface area contributed by atoms with Crippen LogP contribution in [0.25, 0.3) is 0 Å². The van der Waals surface area contributed by atoms with Gasteiger partial charge in [-0.25, -0.2) is 0 Å². The first-order chi connectivity index (χ1) is 9.30. The largest absolute Gasteiger partial charge is 0.482 e. The Hall–Kier alpha value is -1.79. The molecule has 1 amide bonds. The molecule has 0 spiro atoms. The number of carbonyl (C=O) groups is 2. The van der Waals surface area contributed by atoms with Crippen LogP contribution in [-0.2, 0) is 9.59 Å². The van der Waals surface area contributed by atoms with Gasteiger partial charge < -0.3 is 20.3 Å². The Balaban J connectivity index is 2.38. The molecule has 7 heteroatoms. The van der Waals surface area contributed by atoms with Gasteiger partial charge in [0.25, 0.3) is 5.91 Å². The van der Waals surface area contributed by atoms with Gasteiger partial charge in [-0.2, -0.15) is 0 Å². The zero-order valence-electron chi connectivity index (χ0n) is 10.9. The van der Waals surface area contributed by atoms with Gasteiger partial charge in [0.1, 0.15) is 5.75 Å². The van der Waals surface area contributed by atoms with Crippen molar-refractivity contribution >= 4 is 23.5 Å². The number of hydrogen-bond donors (Lipinski definition) is 3. The van der Waals surface area contributed by atoms with Crippen LogP contribution < -0.4 is 10.1 Å². The van der Waals surface area contributed by atoms with Crippen LogP contribution in [0.1, 0.15) is 13.3 Å². The minimum Gasteiger partial charge on any atom is -0.482 e. The fourth-order valence-corrected chi connectivity index (χ4v) is 1.62. The Morgan fingerprint density at radius 2 is 2.05 bits per heavy atom. The van der Waals surface area contributed by atoms with Crippen molar-refractivity contribution in [1.82, 2.24) is 5.32 Å². The summed E-state index contributed by atoms with van der Waals surface area (Å²) in [6, 6.07) is 6.71. The zero-order valence-corrected chi connectivity index (χ0v) is 11.7. The second-order valence-corrected chi connectivity index (χ2v) is 4.97. The van der Waals surface area contributed by atoms with Crippen molar-refractivity contribution in [2.45, 2.75) is 18.9 Å². The lowest BCUT2D eigenvalue weighted by molar-refractivity contribution is -0.142. The van der Waals surface area contributed by atoms with Gasteiger partial charge in [0.05, 0.1) is 17.0 Å². The van der Waals surface area contributed by atoms with E-state index < -0.39 is 23.9 Å². The molecule has 0 bridgehead atoms. The van der Waals surface area contributed by atoms with Crippen LogP contribution in [0.4, 0.5) is 0 Å².